The van der Waals surface area contributed by atoms with Crippen molar-refractivity contribution < 1.29 is 4.79 Å². The summed E-state index contributed by atoms with van der Waals surface area (Å²) in [5.74, 6) is 1.58. The van der Waals surface area contributed by atoms with Gasteiger partial charge in [0.2, 0.25) is 5.91 Å². The Kier molecular flexibility index (Phi) is 6.30. The molecule has 138 valence electrons. The summed E-state index contributed by atoms with van der Waals surface area (Å²) in [5, 5.41) is 1.15. The summed E-state index contributed by atoms with van der Waals surface area (Å²) in [6, 6.07) is 5.75. The van der Waals surface area contributed by atoms with Gasteiger partial charge >= 0.3 is 0 Å². The van der Waals surface area contributed by atoms with Crippen molar-refractivity contribution in [1.82, 2.24) is 9.80 Å². The number of rotatable bonds is 6. The molecule has 5 heteroatoms. The van der Waals surface area contributed by atoms with E-state index in [1.165, 1.54) is 12.8 Å². The molecule has 0 unspecified atom stereocenters. The van der Waals surface area contributed by atoms with Gasteiger partial charge in [0.15, 0.2) is 0 Å². The number of halogens is 2. The van der Waals surface area contributed by atoms with Crippen LogP contribution in [-0.4, -0.2) is 49.4 Å². The number of piperidine rings is 1. The molecule has 2 atom stereocenters. The van der Waals surface area contributed by atoms with Crippen LogP contribution in [0.4, 0.5) is 0 Å². The Morgan fingerprint density at radius 3 is 2.56 bits per heavy atom. The van der Waals surface area contributed by atoms with E-state index in [1.807, 2.05) is 18.2 Å². The van der Waals surface area contributed by atoms with Crippen LogP contribution in [0, 0.1) is 11.8 Å². The third-order valence-electron chi connectivity index (χ3n) is 5.62. The van der Waals surface area contributed by atoms with Gasteiger partial charge in [-0.2, -0.15) is 0 Å². The molecule has 0 aromatic heterocycles. The molecule has 1 saturated heterocycles. The van der Waals surface area contributed by atoms with Crippen LogP contribution >= 0.6 is 23.2 Å². The van der Waals surface area contributed by atoms with Gasteiger partial charge < -0.3 is 9.80 Å². The van der Waals surface area contributed by atoms with Crippen LogP contribution in [0.25, 0.3) is 0 Å². The van der Waals surface area contributed by atoms with E-state index in [-0.39, 0.29) is 5.92 Å². The monoisotopic (exact) mass is 382 g/mol. The predicted octanol–water partition coefficient (Wildman–Crippen LogP) is 4.68. The molecule has 1 aliphatic heterocycles. The van der Waals surface area contributed by atoms with E-state index in [0.29, 0.717) is 21.9 Å². The number of likely N-dealkylation sites (tertiary alicyclic amines) is 1. The average molecular weight is 383 g/mol. The van der Waals surface area contributed by atoms with Gasteiger partial charge in [0.05, 0.1) is 10.0 Å². The number of hydrogen-bond donors (Lipinski definition) is 0. The van der Waals surface area contributed by atoms with E-state index in [1.54, 1.807) is 0 Å². The van der Waals surface area contributed by atoms with E-state index in [9.17, 15) is 4.79 Å². The van der Waals surface area contributed by atoms with E-state index in [2.05, 4.69) is 23.9 Å². The van der Waals surface area contributed by atoms with E-state index < -0.39 is 0 Å². The minimum atomic E-state index is 0.141. The summed E-state index contributed by atoms with van der Waals surface area (Å²) < 4.78 is 0. The molecule has 1 heterocycles. The van der Waals surface area contributed by atoms with Crippen molar-refractivity contribution in [2.45, 2.75) is 38.0 Å². The molecular formula is C20H28Cl2N2O. The van der Waals surface area contributed by atoms with E-state index in [4.69, 9.17) is 23.2 Å². The van der Waals surface area contributed by atoms with Crippen LogP contribution in [0.3, 0.4) is 0 Å². The zero-order valence-corrected chi connectivity index (χ0v) is 16.7. The number of carbonyl (C=O) groups excluding carboxylic acids is 1. The van der Waals surface area contributed by atoms with Gasteiger partial charge in [0, 0.05) is 19.0 Å². The van der Waals surface area contributed by atoms with Crippen molar-refractivity contribution in [2.75, 3.05) is 33.7 Å². The van der Waals surface area contributed by atoms with Crippen LogP contribution in [0.1, 0.15) is 43.6 Å². The molecule has 1 saturated carbocycles. The van der Waals surface area contributed by atoms with Gasteiger partial charge in [-0.1, -0.05) is 29.3 Å². The summed E-state index contributed by atoms with van der Waals surface area (Å²) in [7, 11) is 4.25. The van der Waals surface area contributed by atoms with Crippen LogP contribution in [0.15, 0.2) is 18.2 Å². The minimum absolute atomic E-state index is 0.141. The van der Waals surface area contributed by atoms with Crippen molar-refractivity contribution >= 4 is 29.1 Å². The highest BCUT2D eigenvalue weighted by Gasteiger charge is 2.46. The number of nitrogens with zero attached hydrogens (tertiary/aromatic N) is 2. The van der Waals surface area contributed by atoms with Crippen LogP contribution < -0.4 is 0 Å². The maximum atomic E-state index is 12.8. The van der Waals surface area contributed by atoms with Crippen molar-refractivity contribution in [3.8, 4) is 0 Å². The van der Waals surface area contributed by atoms with Crippen LogP contribution in [0.5, 0.6) is 0 Å². The standard InChI is InChI=1S/C20H28Cl2N2O/c1-23(2)9-3-4-14-7-10-24(11-8-14)20(25)17-13-16(17)15-5-6-18(21)19(22)12-15/h5-6,12,14,16-17H,3-4,7-11,13H2,1-2H3/t16-,17+/m1/s1. The number of carbonyl (C=O) groups is 1. The lowest BCUT2D eigenvalue weighted by atomic mass is 9.92. The smallest absolute Gasteiger partial charge is 0.226 e. The fourth-order valence-electron chi connectivity index (χ4n) is 3.95. The maximum Gasteiger partial charge on any atom is 0.226 e. The van der Waals surface area contributed by atoms with Crippen molar-refractivity contribution in [3.05, 3.63) is 33.8 Å². The summed E-state index contributed by atoms with van der Waals surface area (Å²) in [5.41, 5.74) is 1.14. The molecule has 3 nitrogen and oxygen atoms in total. The quantitative estimate of drug-likeness (QED) is 0.712. The summed E-state index contributed by atoms with van der Waals surface area (Å²) >= 11 is 12.1. The second kappa shape index (κ2) is 8.28. The molecule has 1 aromatic carbocycles. The van der Waals surface area contributed by atoms with Gasteiger partial charge in [-0.3, -0.25) is 4.79 Å². The highest BCUT2D eigenvalue weighted by molar-refractivity contribution is 6.42. The van der Waals surface area contributed by atoms with Crippen molar-refractivity contribution in [3.63, 3.8) is 0 Å². The van der Waals surface area contributed by atoms with Crippen molar-refractivity contribution in [1.29, 1.82) is 0 Å². The minimum Gasteiger partial charge on any atom is -0.342 e. The Balaban J connectivity index is 1.45. The van der Waals surface area contributed by atoms with Crippen LogP contribution in [-0.2, 0) is 4.79 Å². The first-order chi connectivity index (χ1) is 12.0. The van der Waals surface area contributed by atoms with Gasteiger partial charge in [0.1, 0.15) is 0 Å². The summed E-state index contributed by atoms with van der Waals surface area (Å²) in [4.78, 5) is 17.1. The first-order valence-corrected chi connectivity index (χ1v) is 10.1. The number of hydrogen-bond acceptors (Lipinski definition) is 2. The topological polar surface area (TPSA) is 23.6 Å². The Labute approximate surface area is 161 Å². The summed E-state index contributed by atoms with van der Waals surface area (Å²) in [6.45, 7) is 3.01. The molecule has 25 heavy (non-hydrogen) atoms. The SMILES string of the molecule is CN(C)CCCC1CCN(C(=O)[C@H]2C[C@@H]2c2ccc(Cl)c(Cl)c2)CC1. The fourth-order valence-corrected chi connectivity index (χ4v) is 4.26. The largest absolute Gasteiger partial charge is 0.342 e. The van der Waals surface area contributed by atoms with Gasteiger partial charge in [-0.25, -0.2) is 0 Å². The van der Waals surface area contributed by atoms with Crippen molar-refractivity contribution in [2.24, 2.45) is 11.8 Å². The second-order valence-corrected chi connectivity index (χ2v) is 8.65. The maximum absolute atomic E-state index is 12.8. The second-order valence-electron chi connectivity index (χ2n) is 7.84. The Hall–Kier alpha value is -0.770. The molecule has 1 amide bonds. The summed E-state index contributed by atoms with van der Waals surface area (Å²) in [6.07, 6.45) is 5.80. The molecular weight excluding hydrogens is 355 g/mol. The average Bonchev–Trinajstić information content (AvgIpc) is 3.38. The van der Waals surface area contributed by atoms with Gasteiger partial charge in [0.25, 0.3) is 0 Å². The third-order valence-corrected chi connectivity index (χ3v) is 6.36. The zero-order chi connectivity index (χ0) is 18.0. The Morgan fingerprint density at radius 1 is 1.20 bits per heavy atom. The fraction of sp³-hybridized carbons (Fsp3) is 0.650. The third kappa shape index (κ3) is 4.90. The molecule has 3 rings (SSSR count). The van der Waals surface area contributed by atoms with E-state index >= 15 is 0 Å². The normalized spacial score (nSPS) is 24.0. The highest BCUT2D eigenvalue weighted by Crippen LogP contribution is 2.49. The molecule has 1 aliphatic carbocycles. The Morgan fingerprint density at radius 2 is 1.92 bits per heavy atom. The lowest BCUT2D eigenvalue weighted by molar-refractivity contribution is -0.134. The number of amides is 1. The van der Waals surface area contributed by atoms with Gasteiger partial charge in [-0.05, 0) is 82.3 Å². The molecule has 0 radical (unpaired) electrons. The molecule has 2 fully saturated rings. The molecule has 0 spiro atoms. The zero-order valence-electron chi connectivity index (χ0n) is 15.2. The van der Waals surface area contributed by atoms with Gasteiger partial charge in [-0.15, -0.1) is 0 Å². The first-order valence-electron chi connectivity index (χ1n) is 9.34. The predicted molar refractivity (Wildman–Crippen MR) is 104 cm³/mol. The first kappa shape index (κ1) is 19.0. The number of benzene rings is 1. The lowest BCUT2D eigenvalue weighted by Crippen LogP contribution is -2.39. The molecule has 2 aliphatic rings. The highest BCUT2D eigenvalue weighted by atomic mass is 35.5. The Bertz CT molecular complexity index is 612. The van der Waals surface area contributed by atoms with Crippen LogP contribution in [0.2, 0.25) is 10.0 Å². The van der Waals surface area contributed by atoms with E-state index in [0.717, 1.165) is 50.4 Å². The molecule has 0 bridgehead atoms. The lowest BCUT2D eigenvalue weighted by Gasteiger charge is -2.32. The molecule has 1 aromatic rings. The molecule has 0 N–H and O–H groups in total.